The van der Waals surface area contributed by atoms with Crippen LogP contribution < -0.4 is 10.6 Å². The van der Waals surface area contributed by atoms with Crippen LogP contribution in [0.5, 0.6) is 0 Å². The van der Waals surface area contributed by atoms with Crippen molar-refractivity contribution in [1.82, 2.24) is 15.5 Å². The lowest BCUT2D eigenvalue weighted by atomic mass is 9.99. The largest absolute Gasteiger partial charge is 0.467 e. The van der Waals surface area contributed by atoms with Gasteiger partial charge in [0.1, 0.15) is 30.5 Å². The number of nitrogens with one attached hydrogen (secondary N) is 2. The fourth-order valence-electron chi connectivity index (χ4n) is 6.75. The number of aliphatic hydroxyl groups is 4. The number of esters is 1. The first-order valence-corrected chi connectivity index (χ1v) is 21.4. The molecule has 1 heterocycles. The minimum atomic E-state index is -1.60. The number of amides is 3. The van der Waals surface area contributed by atoms with Gasteiger partial charge in [0.2, 0.25) is 17.7 Å². The number of carbonyl (C=O) groups is 4. The van der Waals surface area contributed by atoms with Crippen LogP contribution in [-0.2, 0) is 33.4 Å². The second-order valence-corrected chi connectivity index (χ2v) is 15.0. The van der Waals surface area contributed by atoms with Gasteiger partial charge in [-0.25, -0.2) is 4.79 Å². The van der Waals surface area contributed by atoms with Crippen molar-refractivity contribution in [3.63, 3.8) is 0 Å². The third kappa shape index (κ3) is 23.5. The quantitative estimate of drug-likeness (QED) is 0.0398. The fraction of sp³-hybridized carbons (Fsp3) is 0.902. The summed E-state index contributed by atoms with van der Waals surface area (Å²) in [5.41, 5.74) is 0. The highest BCUT2D eigenvalue weighted by Crippen LogP contribution is 2.22. The van der Waals surface area contributed by atoms with Crippen LogP contribution in [0.25, 0.3) is 0 Å². The van der Waals surface area contributed by atoms with Gasteiger partial charge in [-0.3, -0.25) is 14.4 Å². The smallest absolute Gasteiger partial charge is 0.328 e. The predicted molar refractivity (Wildman–Crippen MR) is 211 cm³/mol. The molecule has 1 rings (SSSR count). The Hall–Kier alpha value is -2.36. The summed E-state index contributed by atoms with van der Waals surface area (Å²) >= 11 is 0. The Bertz CT molecular complexity index is 994. The Labute approximate surface area is 330 Å². The normalized spacial score (nSPS) is 20.2. The highest BCUT2D eigenvalue weighted by molar-refractivity contribution is 5.90. The molecular formula is C41H77N3O11. The highest BCUT2D eigenvalue weighted by Gasteiger charge is 2.44. The molecule has 1 fully saturated rings. The van der Waals surface area contributed by atoms with Gasteiger partial charge in [-0.15, -0.1) is 0 Å². The van der Waals surface area contributed by atoms with Crippen LogP contribution >= 0.6 is 0 Å². The molecule has 0 aliphatic carbocycles. The van der Waals surface area contributed by atoms with E-state index in [4.69, 9.17) is 14.2 Å². The number of hydrogen-bond donors (Lipinski definition) is 6. The van der Waals surface area contributed by atoms with Gasteiger partial charge in [0.15, 0.2) is 6.29 Å². The highest BCUT2D eigenvalue weighted by atomic mass is 16.7. The molecule has 0 aromatic rings. The Morgan fingerprint density at radius 2 is 1.16 bits per heavy atom. The lowest BCUT2D eigenvalue weighted by Crippen LogP contribution is -2.59. The van der Waals surface area contributed by atoms with Gasteiger partial charge in [0, 0.05) is 32.5 Å². The maximum absolute atomic E-state index is 13.3. The number of nitrogens with zero attached hydrogens (tertiary/aromatic N) is 1. The molecule has 55 heavy (non-hydrogen) atoms. The van der Waals surface area contributed by atoms with Crippen molar-refractivity contribution < 1.29 is 53.8 Å². The van der Waals surface area contributed by atoms with E-state index in [0.29, 0.717) is 13.1 Å². The van der Waals surface area contributed by atoms with Crippen molar-refractivity contribution >= 4 is 23.7 Å². The first-order chi connectivity index (χ1) is 26.6. The molecule has 1 aliphatic heterocycles. The Balaban J connectivity index is 2.54. The van der Waals surface area contributed by atoms with Crippen LogP contribution in [0.4, 0.5) is 0 Å². The van der Waals surface area contributed by atoms with Crippen molar-refractivity contribution in [3.8, 4) is 0 Å². The maximum Gasteiger partial charge on any atom is 0.328 e. The number of aliphatic hydroxyl groups excluding tert-OH is 4. The van der Waals surface area contributed by atoms with Crippen LogP contribution in [0.3, 0.4) is 0 Å². The summed E-state index contributed by atoms with van der Waals surface area (Å²) in [4.78, 5) is 53.2. The molecule has 14 nitrogen and oxygen atoms in total. The Morgan fingerprint density at radius 1 is 0.673 bits per heavy atom. The summed E-state index contributed by atoms with van der Waals surface area (Å²) in [5.74, 6) is -2.03. The number of rotatable bonds is 34. The molecule has 1 saturated heterocycles. The molecule has 0 aromatic heterocycles. The van der Waals surface area contributed by atoms with Crippen LogP contribution in [-0.4, -0.2) is 126 Å². The molecule has 6 atom stereocenters. The van der Waals surface area contributed by atoms with E-state index in [9.17, 15) is 39.6 Å². The molecule has 3 amide bonds. The Kier molecular flexibility index (Phi) is 30.1. The number of ether oxygens (including phenoxy) is 3. The van der Waals surface area contributed by atoms with Crippen LogP contribution in [0.15, 0.2) is 0 Å². The summed E-state index contributed by atoms with van der Waals surface area (Å²) in [6.45, 7) is 4.95. The van der Waals surface area contributed by atoms with Gasteiger partial charge in [-0.1, -0.05) is 129 Å². The zero-order valence-electron chi connectivity index (χ0n) is 34.4. The van der Waals surface area contributed by atoms with Crippen molar-refractivity contribution in [3.05, 3.63) is 0 Å². The second-order valence-electron chi connectivity index (χ2n) is 15.0. The van der Waals surface area contributed by atoms with Gasteiger partial charge in [-0.2, -0.15) is 0 Å². The van der Waals surface area contributed by atoms with Gasteiger partial charge in [0.25, 0.3) is 0 Å². The van der Waals surface area contributed by atoms with Crippen molar-refractivity contribution in [2.24, 2.45) is 0 Å². The summed E-state index contributed by atoms with van der Waals surface area (Å²) in [6, 6.07) is -1.27. The molecule has 0 radical (unpaired) electrons. The van der Waals surface area contributed by atoms with E-state index >= 15 is 0 Å². The SMILES string of the molecule is CCCCCCCCCCCCN(CCCCCCCCCCCC)C(=O)CCC(=O)N[C@@H](CC(=O)NCCO[C@@H]1O[C@H](CO)[C@H](O)[C@H](O)[C@H]1O)C(=O)OC. The van der Waals surface area contributed by atoms with Crippen LogP contribution in [0.2, 0.25) is 0 Å². The van der Waals surface area contributed by atoms with E-state index in [1.54, 1.807) is 0 Å². The number of unbranched alkanes of at least 4 members (excludes halogenated alkanes) is 18. The molecule has 0 aromatic carbocycles. The summed E-state index contributed by atoms with van der Waals surface area (Å²) in [6.07, 6.45) is 16.5. The molecule has 6 N–H and O–H groups in total. The minimum Gasteiger partial charge on any atom is -0.467 e. The fourth-order valence-corrected chi connectivity index (χ4v) is 6.75. The molecule has 0 bridgehead atoms. The molecule has 14 heteroatoms. The van der Waals surface area contributed by atoms with Gasteiger partial charge in [0.05, 0.1) is 26.7 Å². The zero-order valence-corrected chi connectivity index (χ0v) is 34.4. The minimum absolute atomic E-state index is 0.00324. The average molecular weight is 788 g/mol. The van der Waals surface area contributed by atoms with E-state index in [2.05, 4.69) is 24.5 Å². The van der Waals surface area contributed by atoms with Crippen molar-refractivity contribution in [2.45, 2.75) is 198 Å². The summed E-state index contributed by atoms with van der Waals surface area (Å²) in [5, 5.41) is 44.3. The molecule has 0 spiro atoms. The number of methoxy groups -OCH3 is 1. The van der Waals surface area contributed by atoms with Gasteiger partial charge in [-0.05, 0) is 12.8 Å². The van der Waals surface area contributed by atoms with Gasteiger partial charge >= 0.3 is 5.97 Å². The Morgan fingerprint density at radius 3 is 1.64 bits per heavy atom. The van der Waals surface area contributed by atoms with Crippen molar-refractivity contribution in [2.75, 3.05) is 40.0 Å². The van der Waals surface area contributed by atoms with Crippen LogP contribution in [0, 0.1) is 0 Å². The maximum atomic E-state index is 13.3. The standard InChI is InChI=1S/C41H77N3O11/c1-4-6-8-10-12-14-16-18-20-22-27-44(28-23-21-19-17-15-13-11-9-7-5-2)36(48)25-24-34(46)43-32(40(52)53-3)30-35(47)42-26-29-54-41-39(51)38(50)37(49)33(31-45)55-41/h32-33,37-39,41,45,49-51H,4-31H2,1-3H3,(H,42,47)(H,43,46)/t32-,33+,37-,38-,39+,41+/m0/s1. The van der Waals surface area contributed by atoms with E-state index in [-0.39, 0.29) is 31.9 Å². The molecule has 0 saturated carbocycles. The topological polar surface area (TPSA) is 204 Å². The van der Waals surface area contributed by atoms with Gasteiger partial charge < -0.3 is 50.2 Å². The lowest BCUT2D eigenvalue weighted by Gasteiger charge is -2.39. The summed E-state index contributed by atoms with van der Waals surface area (Å²) in [7, 11) is 1.15. The third-order valence-electron chi connectivity index (χ3n) is 10.2. The molecule has 0 unspecified atom stereocenters. The number of carbonyl (C=O) groups excluding carboxylic acids is 4. The third-order valence-corrected chi connectivity index (χ3v) is 10.2. The molecule has 322 valence electrons. The zero-order chi connectivity index (χ0) is 40.7. The second kappa shape index (κ2) is 32.7. The van der Waals surface area contributed by atoms with Crippen molar-refractivity contribution in [1.29, 1.82) is 0 Å². The number of hydrogen-bond acceptors (Lipinski definition) is 11. The monoisotopic (exact) mass is 788 g/mol. The lowest BCUT2D eigenvalue weighted by molar-refractivity contribution is -0.300. The van der Waals surface area contributed by atoms with E-state index < -0.39 is 67.6 Å². The first kappa shape index (κ1) is 50.7. The van der Waals surface area contributed by atoms with Crippen LogP contribution in [0.1, 0.15) is 162 Å². The summed E-state index contributed by atoms with van der Waals surface area (Å²) < 4.78 is 15.4. The molecule has 1 aliphatic rings. The van der Waals surface area contributed by atoms with E-state index in [0.717, 1.165) is 45.6 Å². The molecular weight excluding hydrogens is 710 g/mol. The van der Waals surface area contributed by atoms with E-state index in [1.807, 2.05) is 4.90 Å². The average Bonchev–Trinajstić information content (AvgIpc) is 3.18. The predicted octanol–water partition coefficient (Wildman–Crippen LogP) is 4.42. The first-order valence-electron chi connectivity index (χ1n) is 21.4. The van der Waals surface area contributed by atoms with E-state index in [1.165, 1.54) is 89.9 Å².